The Balaban J connectivity index is 3.68. The van der Waals surface area contributed by atoms with Gasteiger partial charge in [0.25, 0.3) is 0 Å². The van der Waals surface area contributed by atoms with Gasteiger partial charge in [0.15, 0.2) is 0 Å². The minimum absolute atomic E-state index is 0.158. The van der Waals surface area contributed by atoms with Crippen LogP contribution in [0, 0.1) is 0 Å². The van der Waals surface area contributed by atoms with Crippen LogP contribution in [0.5, 0.6) is 0 Å². The van der Waals surface area contributed by atoms with Crippen molar-refractivity contribution in [3.05, 3.63) is 97.2 Å². The van der Waals surface area contributed by atoms with Crippen LogP contribution in [0.25, 0.3) is 0 Å². The number of hydrogen-bond donors (Lipinski definition) is 3. The predicted molar refractivity (Wildman–Crippen MR) is 257 cm³/mol. The Morgan fingerprint density at radius 2 is 0.776 bits per heavy atom. The summed E-state index contributed by atoms with van der Waals surface area (Å²) in [7, 11) is 0. The molecule has 1 amide bonds. The largest absolute Gasteiger partial charge is 0.394 e. The summed E-state index contributed by atoms with van der Waals surface area (Å²) in [5.41, 5.74) is 0. The number of unbranched alkanes of at least 4 members (excludes halogenated alkanes) is 22. The molecule has 2 unspecified atom stereocenters. The van der Waals surface area contributed by atoms with Crippen molar-refractivity contribution in [2.24, 2.45) is 0 Å². The third-order valence-electron chi connectivity index (χ3n) is 10.6. The van der Waals surface area contributed by atoms with Gasteiger partial charge in [-0.3, -0.25) is 4.79 Å². The van der Waals surface area contributed by atoms with Crippen LogP contribution in [0.1, 0.15) is 219 Å². The highest BCUT2D eigenvalue weighted by Gasteiger charge is 2.17. The molecule has 0 rings (SSSR count). The van der Waals surface area contributed by atoms with Crippen LogP contribution in [0.15, 0.2) is 97.2 Å². The number of allylic oxidation sites excluding steroid dienone is 15. The molecule has 0 aliphatic carbocycles. The summed E-state index contributed by atoms with van der Waals surface area (Å²) in [6.45, 7) is 4.15. The fourth-order valence-corrected chi connectivity index (χ4v) is 6.86. The van der Waals surface area contributed by atoms with Gasteiger partial charge in [0.2, 0.25) is 5.91 Å². The maximum absolute atomic E-state index is 12.4. The first-order valence-corrected chi connectivity index (χ1v) is 24.5. The van der Waals surface area contributed by atoms with E-state index in [1.54, 1.807) is 6.08 Å². The maximum atomic E-state index is 12.4. The molecule has 4 heteroatoms. The van der Waals surface area contributed by atoms with Crippen molar-refractivity contribution in [2.45, 2.75) is 231 Å². The quantitative estimate of drug-likeness (QED) is 0.0425. The maximum Gasteiger partial charge on any atom is 0.220 e. The number of carbonyl (C=O) groups excluding carboxylic acids is 1. The minimum atomic E-state index is -0.900. The van der Waals surface area contributed by atoms with E-state index in [0.29, 0.717) is 12.8 Å². The normalized spacial score (nSPS) is 13.8. The SMILES string of the molecule is CC/C=C\C/C=C\C/C=C\C/C=C\C/C=C\C/C=C\CCC(=O)NC(CO)C(O)/C=C/CC/C=C/CCCCCCCCCCCCCCCCCCCCCCC. The lowest BCUT2D eigenvalue weighted by atomic mass is 10.0. The molecule has 0 saturated heterocycles. The van der Waals surface area contributed by atoms with Crippen molar-refractivity contribution < 1.29 is 15.0 Å². The second-order valence-corrected chi connectivity index (χ2v) is 16.1. The van der Waals surface area contributed by atoms with Crippen LogP contribution < -0.4 is 5.32 Å². The van der Waals surface area contributed by atoms with Gasteiger partial charge in [-0.2, -0.15) is 0 Å². The van der Waals surface area contributed by atoms with Crippen molar-refractivity contribution in [1.82, 2.24) is 5.32 Å². The molecule has 4 nitrogen and oxygen atoms in total. The van der Waals surface area contributed by atoms with Gasteiger partial charge >= 0.3 is 0 Å². The Labute approximate surface area is 360 Å². The number of amides is 1. The number of aliphatic hydroxyl groups excluding tert-OH is 2. The zero-order chi connectivity index (χ0) is 42.1. The van der Waals surface area contributed by atoms with Gasteiger partial charge in [-0.05, 0) is 70.6 Å². The van der Waals surface area contributed by atoms with Crippen molar-refractivity contribution >= 4 is 5.91 Å². The Kier molecular flexibility index (Phi) is 46.4. The summed E-state index contributed by atoms with van der Waals surface area (Å²) >= 11 is 0. The molecule has 0 fully saturated rings. The van der Waals surface area contributed by atoms with Crippen LogP contribution in [-0.2, 0) is 4.79 Å². The topological polar surface area (TPSA) is 69.6 Å². The summed E-state index contributed by atoms with van der Waals surface area (Å²) in [6, 6.07) is -0.686. The van der Waals surface area contributed by atoms with E-state index >= 15 is 0 Å². The molecule has 0 saturated carbocycles. The third-order valence-corrected chi connectivity index (χ3v) is 10.6. The van der Waals surface area contributed by atoms with Gasteiger partial charge < -0.3 is 15.5 Å². The molecular formula is C54H93NO3. The van der Waals surface area contributed by atoms with Crippen LogP contribution in [0.3, 0.4) is 0 Å². The second kappa shape index (κ2) is 48.7. The highest BCUT2D eigenvalue weighted by Crippen LogP contribution is 2.15. The van der Waals surface area contributed by atoms with E-state index in [2.05, 4.69) is 98.2 Å². The van der Waals surface area contributed by atoms with Gasteiger partial charge in [-0.1, -0.05) is 239 Å². The molecule has 0 aromatic rings. The first kappa shape index (κ1) is 55.3. The van der Waals surface area contributed by atoms with Gasteiger partial charge in [0.1, 0.15) is 0 Å². The molecule has 0 heterocycles. The summed E-state index contributed by atoms with van der Waals surface area (Å²) in [6.07, 6.45) is 72.7. The molecule has 0 spiro atoms. The Bertz CT molecular complexity index is 1090. The fraction of sp³-hybridized carbons (Fsp3) is 0.685. The zero-order valence-corrected chi connectivity index (χ0v) is 38.0. The van der Waals surface area contributed by atoms with E-state index in [-0.39, 0.29) is 12.5 Å². The summed E-state index contributed by atoms with van der Waals surface area (Å²) in [5, 5.41) is 23.0. The highest BCUT2D eigenvalue weighted by atomic mass is 16.3. The first-order valence-electron chi connectivity index (χ1n) is 24.5. The van der Waals surface area contributed by atoms with Crippen molar-refractivity contribution in [3.63, 3.8) is 0 Å². The third kappa shape index (κ3) is 44.4. The van der Waals surface area contributed by atoms with E-state index < -0.39 is 12.1 Å². The summed E-state index contributed by atoms with van der Waals surface area (Å²) in [5.74, 6) is -0.158. The minimum Gasteiger partial charge on any atom is -0.394 e. The molecule has 0 radical (unpaired) electrons. The zero-order valence-electron chi connectivity index (χ0n) is 38.0. The monoisotopic (exact) mass is 804 g/mol. The van der Waals surface area contributed by atoms with Gasteiger partial charge in [0.05, 0.1) is 18.8 Å². The first-order chi connectivity index (χ1) is 28.7. The number of aliphatic hydroxyl groups is 2. The van der Waals surface area contributed by atoms with Gasteiger partial charge in [-0.15, -0.1) is 0 Å². The molecule has 0 aliphatic rings. The number of carbonyl (C=O) groups is 1. The fourth-order valence-electron chi connectivity index (χ4n) is 6.86. The molecule has 58 heavy (non-hydrogen) atoms. The summed E-state index contributed by atoms with van der Waals surface area (Å²) in [4.78, 5) is 12.4. The standard InChI is InChI=1S/C54H93NO3/c1-3-5-7-9-11-13-15-17-19-21-23-24-25-26-27-28-29-30-32-33-35-37-39-41-43-45-47-49-53(57)52(51-56)55-54(58)50-48-46-44-42-40-38-36-34-31-22-20-18-16-14-12-10-8-6-4-2/h6,8,12,14,18,20,31,34,38-41,44,46-47,49,52-53,56-57H,3-5,7,9-11,13,15-17,19,21-30,32-33,35-37,42-43,45,48,50-51H2,1-2H3,(H,55,58)/b8-6-,14-12-,20-18-,34-31-,40-38-,41-39+,46-44-,49-47+. The molecule has 0 bridgehead atoms. The van der Waals surface area contributed by atoms with E-state index in [0.717, 1.165) is 57.8 Å². The van der Waals surface area contributed by atoms with Crippen LogP contribution in [0.4, 0.5) is 0 Å². The second-order valence-electron chi connectivity index (χ2n) is 16.1. The Morgan fingerprint density at radius 1 is 0.431 bits per heavy atom. The van der Waals surface area contributed by atoms with Gasteiger partial charge in [-0.25, -0.2) is 0 Å². The lowest BCUT2D eigenvalue weighted by Crippen LogP contribution is -2.45. The lowest BCUT2D eigenvalue weighted by Gasteiger charge is -2.19. The molecule has 332 valence electrons. The smallest absolute Gasteiger partial charge is 0.220 e. The van der Waals surface area contributed by atoms with E-state index in [4.69, 9.17) is 0 Å². The lowest BCUT2D eigenvalue weighted by molar-refractivity contribution is -0.122. The van der Waals surface area contributed by atoms with Crippen LogP contribution >= 0.6 is 0 Å². The molecular weight excluding hydrogens is 711 g/mol. The molecule has 0 aliphatic heterocycles. The van der Waals surface area contributed by atoms with Crippen LogP contribution in [-0.4, -0.2) is 34.9 Å². The van der Waals surface area contributed by atoms with E-state index in [9.17, 15) is 15.0 Å². The van der Waals surface area contributed by atoms with Crippen molar-refractivity contribution in [2.75, 3.05) is 6.61 Å². The van der Waals surface area contributed by atoms with Crippen molar-refractivity contribution in [1.29, 1.82) is 0 Å². The average molecular weight is 804 g/mol. The number of rotatable bonds is 43. The molecule has 0 aromatic heterocycles. The van der Waals surface area contributed by atoms with Gasteiger partial charge in [0, 0.05) is 6.42 Å². The predicted octanol–water partition coefficient (Wildman–Crippen LogP) is 15.8. The Hall–Kier alpha value is -2.69. The Morgan fingerprint density at radius 3 is 1.19 bits per heavy atom. The van der Waals surface area contributed by atoms with E-state index in [1.807, 2.05) is 12.2 Å². The highest BCUT2D eigenvalue weighted by molar-refractivity contribution is 5.76. The van der Waals surface area contributed by atoms with Crippen LogP contribution in [0.2, 0.25) is 0 Å². The van der Waals surface area contributed by atoms with Crippen molar-refractivity contribution in [3.8, 4) is 0 Å². The van der Waals surface area contributed by atoms with E-state index in [1.165, 1.54) is 135 Å². The molecule has 2 atom stereocenters. The molecule has 0 aromatic carbocycles. The average Bonchev–Trinajstić information content (AvgIpc) is 3.23. The molecule has 3 N–H and O–H groups in total. The number of nitrogens with one attached hydrogen (secondary N) is 1. The number of hydrogen-bond acceptors (Lipinski definition) is 3. The summed E-state index contributed by atoms with van der Waals surface area (Å²) < 4.78 is 0.